The molecule has 0 saturated carbocycles. The highest BCUT2D eigenvalue weighted by molar-refractivity contribution is 5.95. The Kier molecular flexibility index (Phi) is 4.94. The number of benzene rings is 1. The Labute approximate surface area is 146 Å². The molecule has 1 saturated heterocycles. The number of aliphatic hydroxyl groups is 1. The van der Waals surface area contributed by atoms with Crippen molar-refractivity contribution >= 4 is 5.91 Å². The molecule has 2 unspecified atom stereocenters. The number of carbonyl (C=O) groups excluding carboxylic acids is 1. The fourth-order valence-electron chi connectivity index (χ4n) is 3.14. The zero-order valence-electron chi connectivity index (χ0n) is 14.6. The quantitative estimate of drug-likeness (QED) is 0.887. The van der Waals surface area contributed by atoms with Gasteiger partial charge in [0.1, 0.15) is 5.76 Å². The number of likely N-dealkylation sites (tertiary alicyclic amines) is 1. The van der Waals surface area contributed by atoms with E-state index in [-0.39, 0.29) is 11.8 Å². The lowest BCUT2D eigenvalue weighted by atomic mass is 10.0. The van der Waals surface area contributed by atoms with Crippen molar-refractivity contribution in [3.05, 3.63) is 41.3 Å². The highest BCUT2D eigenvalue weighted by Crippen LogP contribution is 2.29. The van der Waals surface area contributed by atoms with E-state index in [0.717, 1.165) is 11.5 Å². The maximum absolute atomic E-state index is 12.7. The van der Waals surface area contributed by atoms with Gasteiger partial charge >= 0.3 is 0 Å². The molecule has 7 heteroatoms. The number of nitrogens with zero attached hydrogens (tertiary/aromatic N) is 2. The van der Waals surface area contributed by atoms with Gasteiger partial charge in [-0.2, -0.15) is 0 Å². The molecule has 1 aromatic carbocycles. The van der Waals surface area contributed by atoms with Gasteiger partial charge in [0.25, 0.3) is 5.91 Å². The summed E-state index contributed by atoms with van der Waals surface area (Å²) in [7, 11) is 3.08. The molecule has 0 radical (unpaired) electrons. The van der Waals surface area contributed by atoms with Gasteiger partial charge in [0, 0.05) is 37.1 Å². The standard InChI is InChI=1S/C18H22N2O5/c1-11-6-14(25-19-11)7-13-9-20(10-15(13)21)18(22)12-4-5-16(23-2)17(8-12)24-3/h4-6,8,13,15,21H,7,9-10H2,1-3H3. The zero-order valence-corrected chi connectivity index (χ0v) is 14.6. The average molecular weight is 346 g/mol. The van der Waals surface area contributed by atoms with Crippen LogP contribution in [0.15, 0.2) is 28.8 Å². The summed E-state index contributed by atoms with van der Waals surface area (Å²) in [6.45, 7) is 2.62. The summed E-state index contributed by atoms with van der Waals surface area (Å²) in [5.41, 5.74) is 1.31. The van der Waals surface area contributed by atoms with Crippen LogP contribution in [0.5, 0.6) is 11.5 Å². The van der Waals surface area contributed by atoms with Gasteiger partial charge in [0.05, 0.1) is 26.0 Å². The fraction of sp³-hybridized carbons (Fsp3) is 0.444. The Morgan fingerprint density at radius 3 is 2.68 bits per heavy atom. The van der Waals surface area contributed by atoms with Crippen LogP contribution in [0.3, 0.4) is 0 Å². The van der Waals surface area contributed by atoms with Crippen LogP contribution in [0.2, 0.25) is 0 Å². The van der Waals surface area contributed by atoms with Crippen LogP contribution >= 0.6 is 0 Å². The highest BCUT2D eigenvalue weighted by atomic mass is 16.5. The summed E-state index contributed by atoms with van der Waals surface area (Å²) in [6, 6.07) is 6.91. The summed E-state index contributed by atoms with van der Waals surface area (Å²) in [4.78, 5) is 14.4. The van der Waals surface area contributed by atoms with Crippen molar-refractivity contribution in [1.82, 2.24) is 10.1 Å². The highest BCUT2D eigenvalue weighted by Gasteiger charge is 2.35. The number of β-amino-alcohol motifs (C(OH)–C–C–N with tert-alkyl or cyclic N) is 1. The van der Waals surface area contributed by atoms with Crippen molar-refractivity contribution in [3.8, 4) is 11.5 Å². The Hall–Kier alpha value is -2.54. The van der Waals surface area contributed by atoms with Crippen molar-refractivity contribution in [2.45, 2.75) is 19.4 Å². The van der Waals surface area contributed by atoms with Crippen LogP contribution in [0.25, 0.3) is 0 Å². The van der Waals surface area contributed by atoms with E-state index >= 15 is 0 Å². The first kappa shape index (κ1) is 17.3. The number of amides is 1. The number of hydrogen-bond donors (Lipinski definition) is 1. The number of aromatic nitrogens is 1. The second-order valence-corrected chi connectivity index (χ2v) is 6.25. The van der Waals surface area contributed by atoms with Crippen molar-refractivity contribution in [3.63, 3.8) is 0 Å². The Morgan fingerprint density at radius 2 is 2.04 bits per heavy atom. The predicted octanol–water partition coefficient (Wildman–Crippen LogP) is 1.68. The van der Waals surface area contributed by atoms with Gasteiger partial charge < -0.3 is 24.0 Å². The molecule has 3 rings (SSSR count). The van der Waals surface area contributed by atoms with E-state index in [1.54, 1.807) is 30.2 Å². The molecule has 1 aliphatic heterocycles. The molecule has 1 aliphatic rings. The first-order valence-corrected chi connectivity index (χ1v) is 8.13. The molecule has 0 spiro atoms. The second-order valence-electron chi connectivity index (χ2n) is 6.25. The summed E-state index contributed by atoms with van der Waals surface area (Å²) in [6.07, 6.45) is -0.0351. The van der Waals surface area contributed by atoms with Crippen molar-refractivity contribution in [1.29, 1.82) is 0 Å². The van der Waals surface area contributed by atoms with Gasteiger partial charge in [-0.05, 0) is 25.1 Å². The number of rotatable bonds is 5. The van der Waals surface area contributed by atoms with E-state index in [1.165, 1.54) is 7.11 Å². The molecule has 1 fully saturated rings. The molecular formula is C18H22N2O5. The fourth-order valence-corrected chi connectivity index (χ4v) is 3.14. The molecule has 25 heavy (non-hydrogen) atoms. The maximum Gasteiger partial charge on any atom is 0.254 e. The minimum absolute atomic E-state index is 0.0727. The lowest BCUT2D eigenvalue weighted by Gasteiger charge is -2.17. The monoisotopic (exact) mass is 346 g/mol. The predicted molar refractivity (Wildman–Crippen MR) is 89.9 cm³/mol. The smallest absolute Gasteiger partial charge is 0.254 e. The molecule has 2 atom stereocenters. The summed E-state index contributed by atoms with van der Waals surface area (Å²) in [5.74, 6) is 1.58. The summed E-state index contributed by atoms with van der Waals surface area (Å²) in [5, 5.41) is 14.2. The topological polar surface area (TPSA) is 85.0 Å². The van der Waals surface area contributed by atoms with Crippen molar-refractivity contribution in [2.75, 3.05) is 27.3 Å². The lowest BCUT2D eigenvalue weighted by Crippen LogP contribution is -2.29. The van der Waals surface area contributed by atoms with Crippen LogP contribution in [0.1, 0.15) is 21.8 Å². The van der Waals surface area contributed by atoms with Gasteiger partial charge in [-0.15, -0.1) is 0 Å². The minimum atomic E-state index is -0.588. The number of carbonyl (C=O) groups is 1. The first-order chi connectivity index (χ1) is 12.0. The number of methoxy groups -OCH3 is 2. The van der Waals surface area contributed by atoms with Gasteiger partial charge in [-0.3, -0.25) is 4.79 Å². The van der Waals surface area contributed by atoms with Crippen molar-refractivity contribution in [2.24, 2.45) is 5.92 Å². The molecule has 1 aromatic heterocycles. The maximum atomic E-state index is 12.7. The first-order valence-electron chi connectivity index (χ1n) is 8.13. The third kappa shape index (κ3) is 3.61. The van der Waals surface area contributed by atoms with Gasteiger partial charge in [0.2, 0.25) is 0 Å². The minimum Gasteiger partial charge on any atom is -0.493 e. The van der Waals surface area contributed by atoms with E-state index in [1.807, 2.05) is 13.0 Å². The Bertz CT molecular complexity index is 758. The third-order valence-electron chi connectivity index (χ3n) is 4.46. The number of ether oxygens (including phenoxy) is 2. The summed E-state index contributed by atoms with van der Waals surface area (Å²) < 4.78 is 15.7. The van der Waals surface area contributed by atoms with Gasteiger partial charge in [0.15, 0.2) is 11.5 Å². The normalized spacial score (nSPS) is 19.9. The van der Waals surface area contributed by atoms with Crippen LogP contribution in [0.4, 0.5) is 0 Å². The van der Waals surface area contributed by atoms with E-state index < -0.39 is 6.10 Å². The van der Waals surface area contributed by atoms with Crippen molar-refractivity contribution < 1.29 is 23.9 Å². The molecule has 2 aromatic rings. The van der Waals surface area contributed by atoms with Crippen LogP contribution < -0.4 is 9.47 Å². The number of aryl methyl sites for hydroxylation is 1. The molecule has 0 bridgehead atoms. The van der Waals surface area contributed by atoms with E-state index in [2.05, 4.69) is 5.16 Å². The molecule has 7 nitrogen and oxygen atoms in total. The molecule has 0 aliphatic carbocycles. The Morgan fingerprint density at radius 1 is 1.28 bits per heavy atom. The zero-order chi connectivity index (χ0) is 18.0. The van der Waals surface area contributed by atoms with Gasteiger partial charge in [-0.25, -0.2) is 0 Å². The van der Waals surface area contributed by atoms with Gasteiger partial charge in [-0.1, -0.05) is 5.16 Å². The largest absolute Gasteiger partial charge is 0.493 e. The number of hydrogen-bond acceptors (Lipinski definition) is 6. The van der Waals surface area contributed by atoms with Crippen LogP contribution in [-0.4, -0.2) is 54.5 Å². The molecular weight excluding hydrogens is 324 g/mol. The molecule has 1 amide bonds. The van der Waals surface area contributed by atoms with Crippen LogP contribution in [-0.2, 0) is 6.42 Å². The van der Waals surface area contributed by atoms with E-state index in [0.29, 0.717) is 36.6 Å². The average Bonchev–Trinajstić information content (AvgIpc) is 3.19. The van der Waals surface area contributed by atoms with Crippen LogP contribution in [0, 0.1) is 12.8 Å². The lowest BCUT2D eigenvalue weighted by molar-refractivity contribution is 0.0764. The van der Waals surface area contributed by atoms with E-state index in [4.69, 9.17) is 14.0 Å². The molecule has 2 heterocycles. The Balaban J connectivity index is 1.71. The SMILES string of the molecule is COc1ccc(C(=O)N2CC(O)C(Cc3cc(C)no3)C2)cc1OC. The second kappa shape index (κ2) is 7.14. The third-order valence-corrected chi connectivity index (χ3v) is 4.46. The molecule has 134 valence electrons. The number of aliphatic hydroxyl groups excluding tert-OH is 1. The molecule has 1 N–H and O–H groups in total. The van der Waals surface area contributed by atoms with E-state index in [9.17, 15) is 9.90 Å². The summed E-state index contributed by atoms with van der Waals surface area (Å²) >= 11 is 0.